The fraction of sp³-hybridized carbons (Fsp3) is 0.312. The van der Waals surface area contributed by atoms with Crippen molar-refractivity contribution in [3.8, 4) is 11.6 Å². The standard InChI is InChI=1S/C16H17N3O2/c1-10(2)9-19-13-8-11(3)4-5-14(13)21-15-12(16(19)20)6-7-17-18-15/h4-8,10H,9H2,1-3H3. The average Bonchev–Trinajstić information content (AvgIpc) is 2.56. The lowest BCUT2D eigenvalue weighted by Gasteiger charge is -2.24. The first-order chi connectivity index (χ1) is 10.1. The molecule has 1 aromatic carbocycles. The maximum Gasteiger partial charge on any atom is 0.264 e. The van der Waals surface area contributed by atoms with Crippen molar-refractivity contribution in [3.63, 3.8) is 0 Å². The van der Waals surface area contributed by atoms with Crippen LogP contribution in [0.15, 0.2) is 30.5 Å². The van der Waals surface area contributed by atoms with Gasteiger partial charge < -0.3 is 9.64 Å². The van der Waals surface area contributed by atoms with Gasteiger partial charge >= 0.3 is 0 Å². The Morgan fingerprint density at radius 3 is 2.86 bits per heavy atom. The van der Waals surface area contributed by atoms with Crippen LogP contribution in [0.4, 0.5) is 5.69 Å². The third kappa shape index (κ3) is 2.46. The molecule has 5 heteroatoms. The molecular weight excluding hydrogens is 266 g/mol. The summed E-state index contributed by atoms with van der Waals surface area (Å²) < 4.78 is 5.80. The number of carbonyl (C=O) groups is 1. The Morgan fingerprint density at radius 2 is 2.10 bits per heavy atom. The zero-order valence-corrected chi connectivity index (χ0v) is 12.3. The summed E-state index contributed by atoms with van der Waals surface area (Å²) in [6, 6.07) is 7.44. The number of rotatable bonds is 2. The summed E-state index contributed by atoms with van der Waals surface area (Å²) in [5.74, 6) is 1.14. The predicted molar refractivity (Wildman–Crippen MR) is 79.8 cm³/mol. The van der Waals surface area contributed by atoms with E-state index >= 15 is 0 Å². The third-order valence-electron chi connectivity index (χ3n) is 3.32. The van der Waals surface area contributed by atoms with E-state index in [9.17, 15) is 4.79 Å². The molecule has 0 aliphatic carbocycles. The van der Waals surface area contributed by atoms with Crippen LogP contribution in [-0.4, -0.2) is 22.6 Å². The molecule has 0 bridgehead atoms. The van der Waals surface area contributed by atoms with Gasteiger partial charge in [0.1, 0.15) is 5.56 Å². The largest absolute Gasteiger partial charge is 0.435 e. The van der Waals surface area contributed by atoms with Crippen molar-refractivity contribution < 1.29 is 9.53 Å². The van der Waals surface area contributed by atoms with Crippen LogP contribution in [0.25, 0.3) is 0 Å². The van der Waals surface area contributed by atoms with Gasteiger partial charge in [0.2, 0.25) is 0 Å². The van der Waals surface area contributed by atoms with E-state index < -0.39 is 0 Å². The number of ether oxygens (including phenoxy) is 1. The van der Waals surface area contributed by atoms with Crippen LogP contribution in [0.1, 0.15) is 29.8 Å². The second-order valence-electron chi connectivity index (χ2n) is 5.63. The number of benzene rings is 1. The summed E-state index contributed by atoms with van der Waals surface area (Å²) in [6.07, 6.45) is 1.51. The van der Waals surface area contributed by atoms with Crippen LogP contribution in [0.5, 0.6) is 11.6 Å². The quantitative estimate of drug-likeness (QED) is 0.849. The van der Waals surface area contributed by atoms with Crippen molar-refractivity contribution in [1.29, 1.82) is 0 Å². The summed E-state index contributed by atoms with van der Waals surface area (Å²) in [7, 11) is 0. The maximum atomic E-state index is 12.8. The molecule has 1 aliphatic rings. The van der Waals surface area contributed by atoms with Gasteiger partial charge in [-0.15, -0.1) is 5.10 Å². The predicted octanol–water partition coefficient (Wildman–Crippen LogP) is 3.19. The van der Waals surface area contributed by atoms with Gasteiger partial charge in [-0.1, -0.05) is 19.9 Å². The SMILES string of the molecule is Cc1ccc2c(c1)N(CC(C)C)C(=O)c1ccnnc1O2. The molecule has 1 aromatic heterocycles. The number of fused-ring (bicyclic) bond motifs is 2. The van der Waals surface area contributed by atoms with Gasteiger partial charge in [-0.25, -0.2) is 0 Å². The molecule has 108 valence electrons. The molecule has 0 fully saturated rings. The van der Waals surface area contributed by atoms with Crippen LogP contribution in [0, 0.1) is 12.8 Å². The lowest BCUT2D eigenvalue weighted by atomic mass is 10.1. The van der Waals surface area contributed by atoms with Crippen molar-refractivity contribution in [2.45, 2.75) is 20.8 Å². The van der Waals surface area contributed by atoms with E-state index in [0.29, 0.717) is 23.8 Å². The van der Waals surface area contributed by atoms with Crippen LogP contribution in [0.3, 0.4) is 0 Å². The highest BCUT2D eigenvalue weighted by atomic mass is 16.5. The molecule has 0 atom stereocenters. The van der Waals surface area contributed by atoms with Gasteiger partial charge in [0.15, 0.2) is 5.75 Å². The van der Waals surface area contributed by atoms with E-state index in [1.807, 2.05) is 25.1 Å². The number of hydrogen-bond donors (Lipinski definition) is 0. The highest BCUT2D eigenvalue weighted by Crippen LogP contribution is 2.38. The highest BCUT2D eigenvalue weighted by Gasteiger charge is 2.29. The summed E-state index contributed by atoms with van der Waals surface area (Å²) >= 11 is 0. The Kier molecular flexibility index (Phi) is 3.33. The summed E-state index contributed by atoms with van der Waals surface area (Å²) in [4.78, 5) is 14.6. The molecule has 0 saturated heterocycles. The third-order valence-corrected chi connectivity index (χ3v) is 3.32. The minimum absolute atomic E-state index is 0.0991. The molecule has 0 radical (unpaired) electrons. The number of aryl methyl sites for hydroxylation is 1. The number of nitrogens with zero attached hydrogens (tertiary/aromatic N) is 3. The van der Waals surface area contributed by atoms with Gasteiger partial charge in [0.25, 0.3) is 11.8 Å². The minimum Gasteiger partial charge on any atom is -0.435 e. The molecule has 2 aromatic rings. The first-order valence-electron chi connectivity index (χ1n) is 6.98. The average molecular weight is 283 g/mol. The fourth-order valence-corrected chi connectivity index (χ4v) is 2.39. The first kappa shape index (κ1) is 13.5. The van der Waals surface area contributed by atoms with E-state index in [1.54, 1.807) is 11.0 Å². The molecule has 0 spiro atoms. The summed E-state index contributed by atoms with van der Waals surface area (Å²) in [5, 5.41) is 7.75. The number of aromatic nitrogens is 2. The normalized spacial score (nSPS) is 13.5. The van der Waals surface area contributed by atoms with Gasteiger partial charge in [-0.3, -0.25) is 4.79 Å². The topological polar surface area (TPSA) is 55.3 Å². The Labute approximate surface area is 123 Å². The number of amides is 1. The molecule has 0 unspecified atom stereocenters. The lowest BCUT2D eigenvalue weighted by molar-refractivity contribution is 0.0983. The van der Waals surface area contributed by atoms with Crippen molar-refractivity contribution >= 4 is 11.6 Å². The molecule has 0 N–H and O–H groups in total. The molecular formula is C16H17N3O2. The van der Waals surface area contributed by atoms with E-state index in [2.05, 4.69) is 24.0 Å². The Morgan fingerprint density at radius 1 is 1.29 bits per heavy atom. The maximum absolute atomic E-state index is 12.8. The minimum atomic E-state index is -0.0991. The smallest absolute Gasteiger partial charge is 0.264 e. The summed E-state index contributed by atoms with van der Waals surface area (Å²) in [6.45, 7) is 6.79. The second-order valence-corrected chi connectivity index (χ2v) is 5.63. The monoisotopic (exact) mass is 283 g/mol. The molecule has 21 heavy (non-hydrogen) atoms. The Balaban J connectivity index is 2.18. The van der Waals surface area contributed by atoms with Crippen LogP contribution >= 0.6 is 0 Å². The van der Waals surface area contributed by atoms with E-state index in [-0.39, 0.29) is 11.8 Å². The van der Waals surface area contributed by atoms with Crippen LogP contribution < -0.4 is 9.64 Å². The Bertz CT molecular complexity index is 698. The van der Waals surface area contributed by atoms with E-state index in [1.165, 1.54) is 6.20 Å². The highest BCUT2D eigenvalue weighted by molar-refractivity contribution is 6.09. The molecule has 5 nitrogen and oxygen atoms in total. The van der Waals surface area contributed by atoms with E-state index in [0.717, 1.165) is 11.3 Å². The fourth-order valence-electron chi connectivity index (χ4n) is 2.39. The van der Waals surface area contributed by atoms with E-state index in [4.69, 9.17) is 4.74 Å². The van der Waals surface area contributed by atoms with Crippen LogP contribution in [-0.2, 0) is 0 Å². The number of anilines is 1. The molecule has 1 aliphatic heterocycles. The van der Waals surface area contributed by atoms with Gasteiger partial charge in [0.05, 0.1) is 11.9 Å². The lowest BCUT2D eigenvalue weighted by Crippen LogP contribution is -2.33. The van der Waals surface area contributed by atoms with Crippen molar-refractivity contribution in [2.24, 2.45) is 5.92 Å². The summed E-state index contributed by atoms with van der Waals surface area (Å²) in [5.41, 5.74) is 2.31. The number of hydrogen-bond acceptors (Lipinski definition) is 4. The molecule has 3 rings (SSSR count). The van der Waals surface area contributed by atoms with Gasteiger partial charge in [-0.2, -0.15) is 5.10 Å². The number of carbonyl (C=O) groups excluding carboxylic acids is 1. The zero-order chi connectivity index (χ0) is 15.0. The second kappa shape index (κ2) is 5.16. The molecule has 1 amide bonds. The first-order valence-corrected chi connectivity index (χ1v) is 6.98. The molecule has 2 heterocycles. The van der Waals surface area contributed by atoms with Crippen molar-refractivity contribution in [1.82, 2.24) is 10.2 Å². The van der Waals surface area contributed by atoms with Gasteiger partial charge in [-0.05, 0) is 36.6 Å². The Hall–Kier alpha value is -2.43. The van der Waals surface area contributed by atoms with Crippen molar-refractivity contribution in [2.75, 3.05) is 11.4 Å². The zero-order valence-electron chi connectivity index (χ0n) is 12.3. The van der Waals surface area contributed by atoms with Crippen molar-refractivity contribution in [3.05, 3.63) is 41.6 Å². The molecule has 0 saturated carbocycles. The van der Waals surface area contributed by atoms with Crippen LogP contribution in [0.2, 0.25) is 0 Å². The van der Waals surface area contributed by atoms with Gasteiger partial charge in [0, 0.05) is 6.54 Å².